The van der Waals surface area contributed by atoms with Crippen molar-refractivity contribution in [3.63, 3.8) is 0 Å². The Bertz CT molecular complexity index is 587. The predicted molar refractivity (Wildman–Crippen MR) is 80.0 cm³/mol. The van der Waals surface area contributed by atoms with Gasteiger partial charge in [0.1, 0.15) is 5.82 Å². The molecule has 1 heterocycles. The van der Waals surface area contributed by atoms with Crippen molar-refractivity contribution in [2.24, 2.45) is 7.05 Å². The Balaban J connectivity index is 2.29. The summed E-state index contributed by atoms with van der Waals surface area (Å²) in [4.78, 5) is 0. The molecule has 3 nitrogen and oxygen atoms in total. The minimum absolute atomic E-state index is 0.184. The van der Waals surface area contributed by atoms with Gasteiger partial charge in [-0.3, -0.25) is 4.68 Å². The number of rotatable bonds is 5. The molecule has 0 fully saturated rings. The van der Waals surface area contributed by atoms with Crippen molar-refractivity contribution in [3.05, 3.63) is 41.5 Å². The Morgan fingerprint density at radius 2 is 2.05 bits per heavy atom. The molecule has 108 valence electrons. The van der Waals surface area contributed by atoms with E-state index in [-0.39, 0.29) is 5.82 Å². The lowest BCUT2D eigenvalue weighted by atomic mass is 10.0. The third-order valence-corrected chi connectivity index (χ3v) is 3.28. The maximum atomic E-state index is 14.3. The average Bonchev–Trinajstić information content (AvgIpc) is 2.77. The van der Waals surface area contributed by atoms with Crippen LogP contribution in [-0.2, 0) is 20.0 Å². The van der Waals surface area contributed by atoms with Gasteiger partial charge < -0.3 is 5.32 Å². The van der Waals surface area contributed by atoms with Gasteiger partial charge in [0.25, 0.3) is 0 Å². The summed E-state index contributed by atoms with van der Waals surface area (Å²) < 4.78 is 16.1. The molecule has 0 saturated heterocycles. The topological polar surface area (TPSA) is 29.9 Å². The van der Waals surface area contributed by atoms with Crippen LogP contribution in [0.3, 0.4) is 0 Å². The van der Waals surface area contributed by atoms with Gasteiger partial charge >= 0.3 is 0 Å². The third-order valence-electron chi connectivity index (χ3n) is 3.28. The second kappa shape index (κ2) is 6.18. The highest BCUT2D eigenvalue weighted by Crippen LogP contribution is 2.26. The molecule has 0 aliphatic heterocycles. The van der Waals surface area contributed by atoms with E-state index in [4.69, 9.17) is 0 Å². The van der Waals surface area contributed by atoms with Gasteiger partial charge in [-0.25, -0.2) is 4.39 Å². The van der Waals surface area contributed by atoms with Crippen LogP contribution in [0.2, 0.25) is 0 Å². The molecule has 0 amide bonds. The zero-order valence-electron chi connectivity index (χ0n) is 12.6. The minimum Gasteiger partial charge on any atom is -0.310 e. The van der Waals surface area contributed by atoms with Gasteiger partial charge in [0.05, 0.1) is 5.69 Å². The summed E-state index contributed by atoms with van der Waals surface area (Å²) in [6, 6.07) is 5.82. The van der Waals surface area contributed by atoms with E-state index < -0.39 is 0 Å². The molecule has 2 aromatic rings. The largest absolute Gasteiger partial charge is 0.310 e. The number of hydrogen-bond acceptors (Lipinski definition) is 2. The maximum Gasteiger partial charge on any atom is 0.131 e. The first kappa shape index (κ1) is 14.7. The smallest absolute Gasteiger partial charge is 0.131 e. The second-order valence-electron chi connectivity index (χ2n) is 5.37. The highest BCUT2D eigenvalue weighted by Gasteiger charge is 2.13. The SMILES string of the molecule is CCc1nn(C)cc1-c1ccc(CNC(C)C)cc1F. The van der Waals surface area contributed by atoms with E-state index in [2.05, 4.69) is 24.3 Å². The summed E-state index contributed by atoms with van der Waals surface area (Å²) in [7, 11) is 1.86. The standard InChI is InChI=1S/C16H22FN3/c1-5-16-14(10-20(4)19-16)13-7-6-12(8-15(13)17)9-18-11(2)3/h6-8,10-11,18H,5,9H2,1-4H3. The van der Waals surface area contributed by atoms with Crippen LogP contribution in [-0.4, -0.2) is 15.8 Å². The summed E-state index contributed by atoms with van der Waals surface area (Å²) in [5.74, 6) is -0.184. The molecular formula is C16H22FN3. The Morgan fingerprint density at radius 3 is 2.65 bits per heavy atom. The molecule has 0 aliphatic carbocycles. The molecule has 0 bridgehead atoms. The summed E-state index contributed by atoms with van der Waals surface area (Å²) in [6.07, 6.45) is 2.68. The Morgan fingerprint density at radius 1 is 1.30 bits per heavy atom. The van der Waals surface area contributed by atoms with Crippen molar-refractivity contribution in [3.8, 4) is 11.1 Å². The molecule has 0 saturated carbocycles. The van der Waals surface area contributed by atoms with Gasteiger partial charge in [0, 0.05) is 37.0 Å². The number of hydrogen-bond donors (Lipinski definition) is 1. The minimum atomic E-state index is -0.184. The third kappa shape index (κ3) is 3.25. The van der Waals surface area contributed by atoms with Gasteiger partial charge in [0.15, 0.2) is 0 Å². The highest BCUT2D eigenvalue weighted by atomic mass is 19.1. The van der Waals surface area contributed by atoms with E-state index in [0.717, 1.165) is 23.2 Å². The molecule has 4 heteroatoms. The van der Waals surface area contributed by atoms with E-state index in [1.54, 1.807) is 10.7 Å². The van der Waals surface area contributed by atoms with Crippen molar-refractivity contribution >= 4 is 0 Å². The molecule has 2 rings (SSSR count). The second-order valence-corrected chi connectivity index (χ2v) is 5.37. The summed E-state index contributed by atoms with van der Waals surface area (Å²) in [5.41, 5.74) is 3.40. The van der Waals surface area contributed by atoms with E-state index in [0.29, 0.717) is 18.2 Å². The number of nitrogens with one attached hydrogen (secondary N) is 1. The van der Waals surface area contributed by atoms with Crippen molar-refractivity contribution in [1.82, 2.24) is 15.1 Å². The summed E-state index contributed by atoms with van der Waals surface area (Å²) in [5, 5.41) is 7.66. The van der Waals surface area contributed by atoms with Crippen LogP contribution < -0.4 is 5.32 Å². The fraction of sp³-hybridized carbons (Fsp3) is 0.438. The van der Waals surface area contributed by atoms with Gasteiger partial charge in [-0.05, 0) is 18.1 Å². The van der Waals surface area contributed by atoms with Gasteiger partial charge in [-0.2, -0.15) is 5.10 Å². The van der Waals surface area contributed by atoms with Crippen molar-refractivity contribution in [1.29, 1.82) is 0 Å². The first-order valence-electron chi connectivity index (χ1n) is 7.06. The van der Waals surface area contributed by atoms with E-state index in [1.165, 1.54) is 0 Å². The number of halogens is 1. The number of aryl methyl sites for hydroxylation is 2. The molecule has 1 aromatic carbocycles. The average molecular weight is 275 g/mol. The van der Waals surface area contributed by atoms with Crippen molar-refractivity contribution in [2.75, 3.05) is 0 Å². The number of aromatic nitrogens is 2. The van der Waals surface area contributed by atoms with Crippen LogP contribution in [0.15, 0.2) is 24.4 Å². The van der Waals surface area contributed by atoms with E-state index >= 15 is 0 Å². The molecule has 1 N–H and O–H groups in total. The lowest BCUT2D eigenvalue weighted by molar-refractivity contribution is 0.582. The zero-order valence-corrected chi connectivity index (χ0v) is 12.6. The van der Waals surface area contributed by atoms with Gasteiger partial charge in [-0.1, -0.05) is 32.9 Å². The number of benzene rings is 1. The maximum absolute atomic E-state index is 14.3. The lowest BCUT2D eigenvalue weighted by Crippen LogP contribution is -2.21. The Labute approximate surface area is 119 Å². The fourth-order valence-electron chi connectivity index (χ4n) is 2.23. The molecule has 0 unspecified atom stereocenters. The van der Waals surface area contributed by atoms with Crippen molar-refractivity contribution in [2.45, 2.75) is 39.8 Å². The summed E-state index contributed by atoms with van der Waals surface area (Å²) in [6.45, 7) is 6.87. The first-order chi connectivity index (χ1) is 9.51. The van der Waals surface area contributed by atoms with Crippen LogP contribution in [0.4, 0.5) is 4.39 Å². The fourth-order valence-corrected chi connectivity index (χ4v) is 2.23. The lowest BCUT2D eigenvalue weighted by Gasteiger charge is -2.09. The van der Waals surface area contributed by atoms with E-state index in [9.17, 15) is 4.39 Å². The monoisotopic (exact) mass is 275 g/mol. The van der Waals surface area contributed by atoms with Crippen LogP contribution in [0.1, 0.15) is 32.0 Å². The van der Waals surface area contributed by atoms with Crippen LogP contribution in [0.5, 0.6) is 0 Å². The molecule has 20 heavy (non-hydrogen) atoms. The van der Waals surface area contributed by atoms with Crippen LogP contribution in [0, 0.1) is 5.82 Å². The first-order valence-corrected chi connectivity index (χ1v) is 7.06. The molecule has 0 atom stereocenters. The molecule has 0 radical (unpaired) electrons. The number of nitrogens with zero attached hydrogens (tertiary/aromatic N) is 2. The van der Waals surface area contributed by atoms with Gasteiger partial charge in [0.2, 0.25) is 0 Å². The van der Waals surface area contributed by atoms with Crippen LogP contribution >= 0.6 is 0 Å². The normalized spacial score (nSPS) is 11.3. The quantitative estimate of drug-likeness (QED) is 0.907. The zero-order chi connectivity index (χ0) is 14.7. The predicted octanol–water partition coefficient (Wildman–Crippen LogP) is 3.29. The Kier molecular flexibility index (Phi) is 4.55. The molecule has 1 aromatic heterocycles. The molecular weight excluding hydrogens is 253 g/mol. The van der Waals surface area contributed by atoms with Crippen molar-refractivity contribution < 1.29 is 4.39 Å². The van der Waals surface area contributed by atoms with Gasteiger partial charge in [-0.15, -0.1) is 0 Å². The van der Waals surface area contributed by atoms with E-state index in [1.807, 2.05) is 32.3 Å². The Hall–Kier alpha value is -1.68. The molecule has 0 aliphatic rings. The summed E-state index contributed by atoms with van der Waals surface area (Å²) >= 11 is 0. The highest BCUT2D eigenvalue weighted by molar-refractivity contribution is 5.66. The van der Waals surface area contributed by atoms with Crippen LogP contribution in [0.25, 0.3) is 11.1 Å². The molecule has 0 spiro atoms.